The number of esters is 3. The molecule has 0 N–H and O–H groups in total. The van der Waals surface area contributed by atoms with E-state index in [9.17, 15) is 14.4 Å². The van der Waals surface area contributed by atoms with Crippen molar-refractivity contribution in [3.63, 3.8) is 0 Å². The van der Waals surface area contributed by atoms with Crippen LogP contribution in [-0.4, -0.2) is 37.2 Å². The first-order valence-corrected chi connectivity index (χ1v) is 32.1. The summed E-state index contributed by atoms with van der Waals surface area (Å²) < 4.78 is 16.8. The topological polar surface area (TPSA) is 78.9 Å². The van der Waals surface area contributed by atoms with Crippen LogP contribution in [0, 0.1) is 0 Å². The summed E-state index contributed by atoms with van der Waals surface area (Å²) in [6, 6.07) is 0. The Morgan fingerprint density at radius 2 is 0.533 bits per heavy atom. The van der Waals surface area contributed by atoms with E-state index < -0.39 is 6.10 Å². The van der Waals surface area contributed by atoms with Crippen LogP contribution in [0.2, 0.25) is 0 Å². The molecule has 0 saturated heterocycles. The van der Waals surface area contributed by atoms with Gasteiger partial charge in [-0.15, -0.1) is 0 Å². The Hall–Kier alpha value is -3.41. The largest absolute Gasteiger partial charge is 0.462 e. The van der Waals surface area contributed by atoms with Gasteiger partial charge in [0.1, 0.15) is 13.2 Å². The monoisotopic (exact) mass is 1040 g/mol. The fourth-order valence-electron chi connectivity index (χ4n) is 9.03. The van der Waals surface area contributed by atoms with Crippen LogP contribution in [-0.2, 0) is 28.6 Å². The standard InChI is InChI=1S/C69H120O6/c1-4-7-10-13-16-19-22-24-26-27-28-29-30-31-32-33-34-35-36-37-38-39-40-41-43-44-47-50-53-56-59-62-68(71)74-65-66(64-73-67(70)61-58-55-52-49-46-21-18-15-12-9-6-3)75-69(72)63-60-57-54-51-48-45-42-25-23-20-17-14-11-8-5-2/h8,11,15,17-18,20,22,24-25,27-28,42,48,51,66H,4-7,9-10,12-14,16,19,21,23,26,29-41,43-47,49-50,52-65H2,1-3H3/b11-8-,18-15-,20-17-,24-22-,28-27-,42-25-,51-48-. The molecule has 0 aromatic heterocycles. The summed E-state index contributed by atoms with van der Waals surface area (Å²) >= 11 is 0. The molecule has 0 aliphatic heterocycles. The molecule has 0 bridgehead atoms. The maximum absolute atomic E-state index is 12.8. The molecular weight excluding hydrogens is 925 g/mol. The van der Waals surface area contributed by atoms with Crippen LogP contribution >= 0.6 is 0 Å². The third kappa shape index (κ3) is 61.3. The Labute approximate surface area is 465 Å². The summed E-state index contributed by atoms with van der Waals surface area (Å²) in [7, 11) is 0. The minimum atomic E-state index is -0.800. The van der Waals surface area contributed by atoms with Crippen molar-refractivity contribution < 1.29 is 28.6 Å². The average molecular weight is 1050 g/mol. The van der Waals surface area contributed by atoms with Crippen molar-refractivity contribution in [3.8, 4) is 0 Å². The van der Waals surface area contributed by atoms with Gasteiger partial charge in [0.15, 0.2) is 6.10 Å². The van der Waals surface area contributed by atoms with Crippen molar-refractivity contribution in [1.82, 2.24) is 0 Å². The van der Waals surface area contributed by atoms with Gasteiger partial charge in [0.2, 0.25) is 0 Å². The summed E-state index contributed by atoms with van der Waals surface area (Å²) in [4.78, 5) is 38.1. The number of carbonyl (C=O) groups excluding carboxylic acids is 3. The molecule has 0 aliphatic carbocycles. The summed E-state index contributed by atoms with van der Waals surface area (Å²) in [5.41, 5.74) is 0. The van der Waals surface area contributed by atoms with E-state index in [0.29, 0.717) is 19.3 Å². The van der Waals surface area contributed by atoms with Crippen LogP contribution in [0.25, 0.3) is 0 Å². The maximum Gasteiger partial charge on any atom is 0.306 e. The van der Waals surface area contributed by atoms with Crippen molar-refractivity contribution in [1.29, 1.82) is 0 Å². The van der Waals surface area contributed by atoms with Gasteiger partial charge in [-0.2, -0.15) is 0 Å². The Bertz CT molecular complexity index is 1430. The number of hydrogen-bond acceptors (Lipinski definition) is 6. The predicted octanol–water partition coefficient (Wildman–Crippen LogP) is 21.9. The minimum absolute atomic E-state index is 0.0937. The van der Waals surface area contributed by atoms with Crippen LogP contribution in [0.4, 0.5) is 0 Å². The van der Waals surface area contributed by atoms with E-state index in [0.717, 1.165) is 96.3 Å². The van der Waals surface area contributed by atoms with Gasteiger partial charge in [-0.1, -0.05) is 273 Å². The first kappa shape index (κ1) is 71.6. The van der Waals surface area contributed by atoms with Crippen molar-refractivity contribution >= 4 is 17.9 Å². The molecule has 0 heterocycles. The zero-order valence-electron chi connectivity index (χ0n) is 49.6. The molecule has 0 fully saturated rings. The molecule has 0 amide bonds. The highest BCUT2D eigenvalue weighted by Gasteiger charge is 2.19. The van der Waals surface area contributed by atoms with Crippen molar-refractivity contribution in [2.24, 2.45) is 0 Å². The number of allylic oxidation sites excluding steroid dienone is 14. The summed E-state index contributed by atoms with van der Waals surface area (Å²) in [6.07, 6.45) is 83.3. The molecule has 0 radical (unpaired) electrons. The molecule has 432 valence electrons. The van der Waals surface area contributed by atoms with E-state index in [1.807, 2.05) is 0 Å². The fraction of sp³-hybridized carbons (Fsp3) is 0.754. The van der Waals surface area contributed by atoms with E-state index in [-0.39, 0.29) is 37.5 Å². The zero-order valence-corrected chi connectivity index (χ0v) is 49.6. The lowest BCUT2D eigenvalue weighted by Crippen LogP contribution is -2.30. The van der Waals surface area contributed by atoms with Crippen LogP contribution in [0.5, 0.6) is 0 Å². The lowest BCUT2D eigenvalue weighted by Gasteiger charge is -2.18. The molecule has 1 atom stereocenters. The molecule has 0 aliphatic rings. The average Bonchev–Trinajstić information content (AvgIpc) is 3.41. The molecule has 0 spiro atoms. The molecule has 0 saturated carbocycles. The van der Waals surface area contributed by atoms with Gasteiger partial charge in [0, 0.05) is 19.3 Å². The van der Waals surface area contributed by atoms with Crippen LogP contribution in [0.3, 0.4) is 0 Å². The van der Waals surface area contributed by atoms with Crippen molar-refractivity contribution in [2.45, 2.75) is 322 Å². The number of hydrogen-bond donors (Lipinski definition) is 0. The molecule has 0 rings (SSSR count). The second-order valence-electron chi connectivity index (χ2n) is 21.3. The van der Waals surface area contributed by atoms with Crippen molar-refractivity contribution in [3.05, 3.63) is 85.1 Å². The summed E-state index contributed by atoms with van der Waals surface area (Å²) in [5.74, 6) is -0.937. The quantitative estimate of drug-likeness (QED) is 0.0261. The van der Waals surface area contributed by atoms with E-state index in [1.165, 1.54) is 173 Å². The van der Waals surface area contributed by atoms with Crippen LogP contribution < -0.4 is 0 Å². The lowest BCUT2D eigenvalue weighted by molar-refractivity contribution is -0.167. The molecular formula is C69H120O6. The number of rotatable bonds is 58. The fourth-order valence-corrected chi connectivity index (χ4v) is 9.03. The summed E-state index contributed by atoms with van der Waals surface area (Å²) in [5, 5.41) is 0. The van der Waals surface area contributed by atoms with Gasteiger partial charge in [-0.3, -0.25) is 14.4 Å². The van der Waals surface area contributed by atoms with Gasteiger partial charge in [-0.25, -0.2) is 0 Å². The second-order valence-corrected chi connectivity index (χ2v) is 21.3. The molecule has 0 aromatic carbocycles. The lowest BCUT2D eigenvalue weighted by atomic mass is 10.0. The number of ether oxygens (including phenoxy) is 3. The molecule has 1 unspecified atom stereocenters. The minimum Gasteiger partial charge on any atom is -0.462 e. The first-order chi connectivity index (χ1) is 37.0. The normalized spacial score (nSPS) is 12.6. The highest BCUT2D eigenvalue weighted by atomic mass is 16.6. The number of carbonyl (C=O) groups is 3. The van der Waals surface area contributed by atoms with E-state index in [1.54, 1.807) is 0 Å². The van der Waals surface area contributed by atoms with E-state index >= 15 is 0 Å². The third-order valence-corrected chi connectivity index (χ3v) is 13.9. The van der Waals surface area contributed by atoms with Gasteiger partial charge in [0.25, 0.3) is 0 Å². The smallest absolute Gasteiger partial charge is 0.306 e. The Morgan fingerprint density at radius 3 is 0.893 bits per heavy atom. The zero-order chi connectivity index (χ0) is 54.3. The Morgan fingerprint density at radius 1 is 0.280 bits per heavy atom. The number of unbranched alkanes of at least 4 members (excludes halogenated alkanes) is 33. The molecule has 6 heteroatoms. The molecule has 0 aromatic rings. The highest BCUT2D eigenvalue weighted by Crippen LogP contribution is 2.17. The van der Waals surface area contributed by atoms with E-state index in [2.05, 4.69) is 106 Å². The second kappa shape index (κ2) is 63.1. The maximum atomic E-state index is 12.8. The van der Waals surface area contributed by atoms with Gasteiger partial charge < -0.3 is 14.2 Å². The third-order valence-electron chi connectivity index (χ3n) is 13.9. The van der Waals surface area contributed by atoms with Gasteiger partial charge >= 0.3 is 17.9 Å². The van der Waals surface area contributed by atoms with Gasteiger partial charge in [0.05, 0.1) is 0 Å². The SMILES string of the molecule is CC/C=C\C/C=C\C/C=C\C/C=C\CCCCC(=O)OC(COC(=O)CCCCCCC/C=C\CCCC)COC(=O)CCCCCCCCCCCCCCCCCCCCC/C=C\C/C=C\CCCCCCC. The van der Waals surface area contributed by atoms with Crippen LogP contribution in [0.15, 0.2) is 85.1 Å². The highest BCUT2D eigenvalue weighted by molar-refractivity contribution is 5.71. The Balaban J connectivity index is 4.15. The van der Waals surface area contributed by atoms with Gasteiger partial charge in [-0.05, 0) is 109 Å². The van der Waals surface area contributed by atoms with Crippen LogP contribution in [0.1, 0.15) is 316 Å². The van der Waals surface area contributed by atoms with E-state index in [4.69, 9.17) is 14.2 Å². The predicted molar refractivity (Wildman–Crippen MR) is 325 cm³/mol. The first-order valence-electron chi connectivity index (χ1n) is 32.1. The summed E-state index contributed by atoms with van der Waals surface area (Å²) in [6.45, 7) is 6.46. The van der Waals surface area contributed by atoms with Crippen molar-refractivity contribution in [2.75, 3.05) is 13.2 Å². The Kier molecular flexibility index (Phi) is 60.3. The molecule has 75 heavy (non-hydrogen) atoms. The molecule has 6 nitrogen and oxygen atoms in total.